The van der Waals surface area contributed by atoms with Crippen LogP contribution in [0.3, 0.4) is 0 Å². The number of imidazole rings is 1. The van der Waals surface area contributed by atoms with Crippen LogP contribution in [0.4, 0.5) is 11.8 Å². The molecular formula is C20H30BrN5O5Si. The molecule has 0 fully saturated rings. The lowest BCUT2D eigenvalue weighted by Gasteiger charge is -2.36. The zero-order valence-electron chi connectivity index (χ0n) is 19.1. The minimum absolute atomic E-state index is 0.0939. The summed E-state index contributed by atoms with van der Waals surface area (Å²) in [6.07, 6.45) is 1.11. The fourth-order valence-electron chi connectivity index (χ4n) is 2.82. The molecule has 0 aliphatic carbocycles. The van der Waals surface area contributed by atoms with Gasteiger partial charge in [0.25, 0.3) is 0 Å². The monoisotopic (exact) mass is 527 g/mol. The normalized spacial score (nSPS) is 12.3. The molecule has 10 nitrogen and oxygen atoms in total. The van der Waals surface area contributed by atoms with Gasteiger partial charge in [-0.3, -0.25) is 4.90 Å². The predicted molar refractivity (Wildman–Crippen MR) is 128 cm³/mol. The van der Waals surface area contributed by atoms with Gasteiger partial charge in [0.1, 0.15) is 0 Å². The van der Waals surface area contributed by atoms with Crippen LogP contribution in [-0.2, 0) is 17.5 Å². The van der Waals surface area contributed by atoms with Crippen LogP contribution in [0.25, 0.3) is 0 Å². The molecule has 2 rings (SSSR count). The standard InChI is InChI=1S/C20H30BrN5O5Si/c1-20(2,3)32(4,5)31-13-12-23(14-16-8-6-7-9-17(16)21)10-11-24-15-18(25(27)28)22-19(24)26(29)30/h6-9,15H,10-14H2,1-5H3. The van der Waals surface area contributed by atoms with Crippen LogP contribution >= 0.6 is 15.9 Å². The topological polar surface area (TPSA) is 117 Å². The number of nitrogens with zero attached hydrogens (tertiary/aromatic N) is 5. The van der Waals surface area contributed by atoms with Crippen LogP contribution in [0.15, 0.2) is 34.9 Å². The largest absolute Gasteiger partial charge is 0.439 e. The van der Waals surface area contributed by atoms with Crippen molar-refractivity contribution in [3.8, 4) is 0 Å². The lowest BCUT2D eigenvalue weighted by Crippen LogP contribution is -2.43. The minimum Gasteiger partial charge on any atom is -0.416 e. The molecule has 0 aliphatic rings. The van der Waals surface area contributed by atoms with Crippen molar-refractivity contribution in [2.75, 3.05) is 19.7 Å². The van der Waals surface area contributed by atoms with Gasteiger partial charge >= 0.3 is 11.8 Å². The molecule has 0 aliphatic heterocycles. The molecule has 1 aromatic heterocycles. The molecule has 0 spiro atoms. The van der Waals surface area contributed by atoms with Gasteiger partial charge in [0, 0.05) is 30.7 Å². The Hall–Kier alpha value is -2.15. The second-order valence-electron chi connectivity index (χ2n) is 9.08. The van der Waals surface area contributed by atoms with E-state index in [1.165, 1.54) is 4.57 Å². The number of hydrogen-bond donors (Lipinski definition) is 0. The van der Waals surface area contributed by atoms with Gasteiger partial charge in [0.15, 0.2) is 14.5 Å². The maximum Gasteiger partial charge on any atom is 0.439 e. The second-order valence-corrected chi connectivity index (χ2v) is 14.7. The molecule has 176 valence electrons. The van der Waals surface area contributed by atoms with E-state index in [1.54, 1.807) is 0 Å². The van der Waals surface area contributed by atoms with Crippen LogP contribution < -0.4 is 0 Å². The average molecular weight is 528 g/mol. The van der Waals surface area contributed by atoms with Crippen molar-refractivity contribution >= 4 is 36.0 Å². The fourth-order valence-corrected chi connectivity index (χ4v) is 4.27. The predicted octanol–water partition coefficient (Wildman–Crippen LogP) is 4.99. The Balaban J connectivity index is 2.15. The summed E-state index contributed by atoms with van der Waals surface area (Å²) in [6.45, 7) is 13.3. The first kappa shape index (κ1) is 26.1. The number of aromatic nitrogens is 2. The van der Waals surface area contributed by atoms with Gasteiger partial charge in [0.05, 0.1) is 6.54 Å². The van der Waals surface area contributed by atoms with E-state index in [4.69, 9.17) is 4.43 Å². The quantitative estimate of drug-likeness (QED) is 0.229. The van der Waals surface area contributed by atoms with E-state index in [1.807, 2.05) is 24.3 Å². The maximum absolute atomic E-state index is 11.3. The van der Waals surface area contributed by atoms with Gasteiger partial charge in [-0.05, 0) is 44.6 Å². The molecule has 1 aromatic carbocycles. The molecule has 0 atom stereocenters. The van der Waals surface area contributed by atoms with Crippen molar-refractivity contribution in [3.63, 3.8) is 0 Å². The molecule has 0 radical (unpaired) electrons. The van der Waals surface area contributed by atoms with Crippen molar-refractivity contribution in [2.45, 2.75) is 52.0 Å². The summed E-state index contributed by atoms with van der Waals surface area (Å²) in [6, 6.07) is 7.86. The van der Waals surface area contributed by atoms with Crippen LogP contribution in [0.2, 0.25) is 18.1 Å². The molecule has 0 unspecified atom stereocenters. The summed E-state index contributed by atoms with van der Waals surface area (Å²) >= 11 is 3.57. The molecule has 2 aromatic rings. The highest BCUT2D eigenvalue weighted by Crippen LogP contribution is 2.36. The van der Waals surface area contributed by atoms with Crippen LogP contribution in [-0.4, -0.2) is 52.3 Å². The Kier molecular flexibility index (Phi) is 8.68. The molecule has 0 amide bonds. The van der Waals surface area contributed by atoms with E-state index >= 15 is 0 Å². The first-order chi connectivity index (χ1) is 14.8. The Morgan fingerprint density at radius 1 is 1.16 bits per heavy atom. The molecule has 0 saturated heterocycles. The SMILES string of the molecule is CC(C)(C)[Si](C)(C)OCCN(CCn1cc([N+](=O)[O-])nc1[N+](=O)[O-])Cc1ccccc1Br. The Bertz CT molecular complexity index is 960. The number of nitro groups is 2. The van der Waals surface area contributed by atoms with E-state index in [-0.39, 0.29) is 11.6 Å². The van der Waals surface area contributed by atoms with Gasteiger partial charge in [-0.1, -0.05) is 54.9 Å². The van der Waals surface area contributed by atoms with Crippen molar-refractivity contribution in [1.82, 2.24) is 14.5 Å². The highest BCUT2D eigenvalue weighted by atomic mass is 79.9. The molecule has 1 heterocycles. The minimum atomic E-state index is -1.91. The van der Waals surface area contributed by atoms with Gasteiger partial charge in [0.2, 0.25) is 0 Å². The highest BCUT2D eigenvalue weighted by Gasteiger charge is 2.37. The third-order valence-electron chi connectivity index (χ3n) is 5.78. The van der Waals surface area contributed by atoms with Crippen molar-refractivity contribution in [2.24, 2.45) is 0 Å². The average Bonchev–Trinajstić information content (AvgIpc) is 3.11. The second kappa shape index (κ2) is 10.6. The van der Waals surface area contributed by atoms with Crippen molar-refractivity contribution in [3.05, 3.63) is 60.7 Å². The third kappa shape index (κ3) is 6.92. The third-order valence-corrected chi connectivity index (χ3v) is 11.1. The number of rotatable bonds is 11. The van der Waals surface area contributed by atoms with Crippen LogP contribution in [0, 0.1) is 20.2 Å². The summed E-state index contributed by atoms with van der Waals surface area (Å²) in [5.41, 5.74) is 1.07. The Labute approximate surface area is 197 Å². The molecular weight excluding hydrogens is 498 g/mol. The first-order valence-corrected chi connectivity index (χ1v) is 14.0. The molecule has 0 bridgehead atoms. The summed E-state index contributed by atoms with van der Waals surface area (Å²) < 4.78 is 8.50. The van der Waals surface area contributed by atoms with E-state index < -0.39 is 29.9 Å². The zero-order chi connectivity index (χ0) is 24.1. The molecule has 0 N–H and O–H groups in total. The number of hydrogen-bond acceptors (Lipinski definition) is 7. The maximum atomic E-state index is 11.3. The van der Waals surface area contributed by atoms with Crippen LogP contribution in [0.1, 0.15) is 26.3 Å². The Morgan fingerprint density at radius 2 is 1.81 bits per heavy atom. The van der Waals surface area contributed by atoms with Gasteiger partial charge in [-0.25, -0.2) is 4.57 Å². The van der Waals surface area contributed by atoms with E-state index in [2.05, 4.69) is 59.7 Å². The zero-order valence-corrected chi connectivity index (χ0v) is 21.7. The first-order valence-electron chi connectivity index (χ1n) is 10.3. The Morgan fingerprint density at radius 3 is 2.38 bits per heavy atom. The van der Waals surface area contributed by atoms with Crippen molar-refractivity contribution in [1.29, 1.82) is 0 Å². The lowest BCUT2D eigenvalue weighted by molar-refractivity contribution is -0.403. The summed E-state index contributed by atoms with van der Waals surface area (Å²) in [5, 5.41) is 22.4. The molecule has 32 heavy (non-hydrogen) atoms. The van der Waals surface area contributed by atoms with E-state index in [0.29, 0.717) is 26.2 Å². The summed E-state index contributed by atoms with van der Waals surface area (Å²) in [7, 11) is -1.91. The summed E-state index contributed by atoms with van der Waals surface area (Å²) in [5.74, 6) is -1.06. The highest BCUT2D eigenvalue weighted by molar-refractivity contribution is 9.10. The smallest absolute Gasteiger partial charge is 0.416 e. The fraction of sp³-hybridized carbons (Fsp3) is 0.550. The van der Waals surface area contributed by atoms with Crippen LogP contribution in [0.5, 0.6) is 0 Å². The lowest BCUT2D eigenvalue weighted by atomic mass is 10.2. The molecule has 0 saturated carbocycles. The van der Waals surface area contributed by atoms with Gasteiger partial charge < -0.3 is 24.7 Å². The van der Waals surface area contributed by atoms with Gasteiger partial charge in [-0.15, -0.1) is 0 Å². The van der Waals surface area contributed by atoms with E-state index in [9.17, 15) is 20.2 Å². The van der Waals surface area contributed by atoms with E-state index in [0.717, 1.165) is 16.2 Å². The summed E-state index contributed by atoms with van der Waals surface area (Å²) in [4.78, 5) is 26.5. The van der Waals surface area contributed by atoms with Crippen molar-refractivity contribution < 1.29 is 14.3 Å². The van der Waals surface area contributed by atoms with Gasteiger partial charge in [-0.2, -0.15) is 0 Å². The molecule has 12 heteroatoms. The number of benzene rings is 1. The number of halogens is 1.